The van der Waals surface area contributed by atoms with Crippen LogP contribution in [0.2, 0.25) is 0 Å². The van der Waals surface area contributed by atoms with Crippen molar-refractivity contribution in [3.8, 4) is 0 Å². The molecule has 0 aliphatic carbocycles. The first-order valence-electron chi connectivity index (χ1n) is 4.80. The van der Waals surface area contributed by atoms with Gasteiger partial charge in [0, 0.05) is 11.1 Å². The molecule has 0 unspecified atom stereocenters. The standard InChI is InChI=1S/C11H13N3S/c1-8-3-10(4-12-9(8)2)13-5-11-6-15-7-14-11/h3-4,6-7,13H,5H2,1-2H3. The first-order valence-corrected chi connectivity index (χ1v) is 5.74. The fraction of sp³-hybridized carbons (Fsp3) is 0.273. The zero-order valence-electron chi connectivity index (χ0n) is 8.82. The average Bonchev–Trinajstić information content (AvgIpc) is 2.73. The van der Waals surface area contributed by atoms with Gasteiger partial charge in [0.15, 0.2) is 0 Å². The molecule has 4 heteroatoms. The lowest BCUT2D eigenvalue weighted by molar-refractivity contribution is 1.06. The average molecular weight is 219 g/mol. The molecule has 3 nitrogen and oxygen atoms in total. The monoisotopic (exact) mass is 219 g/mol. The second-order valence-corrected chi connectivity index (χ2v) is 4.18. The molecule has 2 heterocycles. The van der Waals surface area contributed by atoms with E-state index in [1.807, 2.05) is 24.0 Å². The van der Waals surface area contributed by atoms with Gasteiger partial charge in [-0.2, -0.15) is 0 Å². The summed E-state index contributed by atoms with van der Waals surface area (Å²) in [5.74, 6) is 0. The van der Waals surface area contributed by atoms with Crippen molar-refractivity contribution in [2.24, 2.45) is 0 Å². The van der Waals surface area contributed by atoms with E-state index in [1.54, 1.807) is 11.3 Å². The Kier molecular flexibility index (Phi) is 2.97. The predicted octanol–water partition coefficient (Wildman–Crippen LogP) is 2.77. The number of nitrogens with zero attached hydrogens (tertiary/aromatic N) is 2. The van der Waals surface area contributed by atoms with Crippen molar-refractivity contribution < 1.29 is 0 Å². The summed E-state index contributed by atoms with van der Waals surface area (Å²) in [4.78, 5) is 8.51. The Labute approximate surface area is 93.2 Å². The summed E-state index contributed by atoms with van der Waals surface area (Å²) < 4.78 is 0. The second-order valence-electron chi connectivity index (χ2n) is 3.46. The van der Waals surface area contributed by atoms with E-state index in [1.165, 1.54) is 5.56 Å². The van der Waals surface area contributed by atoms with Gasteiger partial charge in [-0.3, -0.25) is 4.98 Å². The van der Waals surface area contributed by atoms with Gasteiger partial charge in [-0.25, -0.2) is 4.98 Å². The maximum Gasteiger partial charge on any atom is 0.0795 e. The summed E-state index contributed by atoms with van der Waals surface area (Å²) in [6.07, 6.45) is 1.86. The molecule has 0 fully saturated rings. The molecule has 0 aromatic carbocycles. The minimum atomic E-state index is 0.758. The van der Waals surface area contributed by atoms with E-state index in [-0.39, 0.29) is 0 Å². The Morgan fingerprint density at radius 2 is 2.20 bits per heavy atom. The van der Waals surface area contributed by atoms with E-state index in [2.05, 4.69) is 28.3 Å². The lowest BCUT2D eigenvalue weighted by Gasteiger charge is -2.06. The molecular formula is C11H13N3S. The van der Waals surface area contributed by atoms with E-state index in [0.717, 1.165) is 23.6 Å². The molecule has 0 radical (unpaired) electrons. The molecular weight excluding hydrogens is 206 g/mol. The number of hydrogen-bond donors (Lipinski definition) is 1. The maximum atomic E-state index is 4.30. The highest BCUT2D eigenvalue weighted by molar-refractivity contribution is 7.07. The molecule has 2 aromatic heterocycles. The third-order valence-electron chi connectivity index (χ3n) is 2.30. The summed E-state index contributed by atoms with van der Waals surface area (Å²) in [6, 6.07) is 2.11. The van der Waals surface area contributed by atoms with Crippen molar-refractivity contribution >= 4 is 17.0 Å². The van der Waals surface area contributed by atoms with Crippen LogP contribution in [-0.4, -0.2) is 9.97 Å². The van der Waals surface area contributed by atoms with Gasteiger partial charge in [-0.05, 0) is 25.5 Å². The summed E-state index contributed by atoms with van der Waals surface area (Å²) in [7, 11) is 0. The van der Waals surface area contributed by atoms with Crippen molar-refractivity contribution in [2.75, 3.05) is 5.32 Å². The van der Waals surface area contributed by atoms with Gasteiger partial charge in [0.25, 0.3) is 0 Å². The molecule has 0 spiro atoms. The Morgan fingerprint density at radius 3 is 2.87 bits per heavy atom. The molecule has 15 heavy (non-hydrogen) atoms. The normalized spacial score (nSPS) is 10.3. The number of anilines is 1. The number of pyridine rings is 1. The molecule has 0 aliphatic rings. The number of nitrogens with one attached hydrogen (secondary N) is 1. The smallest absolute Gasteiger partial charge is 0.0795 e. The van der Waals surface area contributed by atoms with Crippen LogP contribution in [0.1, 0.15) is 17.0 Å². The molecule has 0 aliphatic heterocycles. The highest BCUT2D eigenvalue weighted by Gasteiger charge is 1.98. The summed E-state index contributed by atoms with van der Waals surface area (Å²) in [6.45, 7) is 4.84. The van der Waals surface area contributed by atoms with Gasteiger partial charge >= 0.3 is 0 Å². The number of aryl methyl sites for hydroxylation is 2. The minimum Gasteiger partial charge on any atom is -0.378 e. The van der Waals surface area contributed by atoms with Gasteiger partial charge in [0.1, 0.15) is 0 Å². The molecule has 78 valence electrons. The van der Waals surface area contributed by atoms with Crippen molar-refractivity contribution in [3.63, 3.8) is 0 Å². The number of aromatic nitrogens is 2. The van der Waals surface area contributed by atoms with Gasteiger partial charge < -0.3 is 5.32 Å². The van der Waals surface area contributed by atoms with Crippen LogP contribution >= 0.6 is 11.3 Å². The first-order chi connectivity index (χ1) is 7.25. The SMILES string of the molecule is Cc1cc(NCc2cscn2)cnc1C. The zero-order valence-corrected chi connectivity index (χ0v) is 9.64. The highest BCUT2D eigenvalue weighted by Crippen LogP contribution is 2.12. The number of hydrogen-bond acceptors (Lipinski definition) is 4. The van der Waals surface area contributed by atoms with Crippen molar-refractivity contribution in [2.45, 2.75) is 20.4 Å². The van der Waals surface area contributed by atoms with Crippen LogP contribution < -0.4 is 5.32 Å². The molecule has 0 amide bonds. The lowest BCUT2D eigenvalue weighted by Crippen LogP contribution is -2.01. The molecule has 2 aromatic rings. The fourth-order valence-corrected chi connectivity index (χ4v) is 1.82. The Balaban J connectivity index is 2.02. The van der Waals surface area contributed by atoms with Crippen molar-refractivity contribution in [1.29, 1.82) is 0 Å². The Hall–Kier alpha value is -1.42. The third-order valence-corrected chi connectivity index (χ3v) is 2.93. The Morgan fingerprint density at radius 1 is 1.33 bits per heavy atom. The van der Waals surface area contributed by atoms with Crippen LogP contribution in [0.15, 0.2) is 23.2 Å². The topological polar surface area (TPSA) is 37.8 Å². The maximum absolute atomic E-state index is 4.30. The molecule has 0 saturated carbocycles. The van der Waals surface area contributed by atoms with E-state index in [0.29, 0.717) is 0 Å². The van der Waals surface area contributed by atoms with Crippen LogP contribution in [0, 0.1) is 13.8 Å². The van der Waals surface area contributed by atoms with E-state index < -0.39 is 0 Å². The second kappa shape index (κ2) is 4.40. The predicted molar refractivity (Wildman–Crippen MR) is 63.2 cm³/mol. The van der Waals surface area contributed by atoms with Gasteiger partial charge in [0.2, 0.25) is 0 Å². The van der Waals surface area contributed by atoms with Crippen molar-refractivity contribution in [3.05, 3.63) is 40.1 Å². The minimum absolute atomic E-state index is 0.758. The molecule has 1 N–H and O–H groups in total. The summed E-state index contributed by atoms with van der Waals surface area (Å²) >= 11 is 1.61. The summed E-state index contributed by atoms with van der Waals surface area (Å²) in [5, 5.41) is 5.34. The van der Waals surface area contributed by atoms with E-state index in [4.69, 9.17) is 0 Å². The fourth-order valence-electron chi connectivity index (χ4n) is 1.26. The molecule has 0 saturated heterocycles. The summed E-state index contributed by atoms with van der Waals surface area (Å²) in [5.41, 5.74) is 6.24. The van der Waals surface area contributed by atoms with Crippen LogP contribution in [0.25, 0.3) is 0 Å². The zero-order chi connectivity index (χ0) is 10.7. The highest BCUT2D eigenvalue weighted by atomic mass is 32.1. The van der Waals surface area contributed by atoms with Gasteiger partial charge in [0.05, 0.1) is 29.6 Å². The van der Waals surface area contributed by atoms with Gasteiger partial charge in [-0.1, -0.05) is 0 Å². The molecule has 0 atom stereocenters. The van der Waals surface area contributed by atoms with Crippen LogP contribution in [0.4, 0.5) is 5.69 Å². The number of rotatable bonds is 3. The lowest BCUT2D eigenvalue weighted by atomic mass is 10.2. The van der Waals surface area contributed by atoms with E-state index in [9.17, 15) is 0 Å². The van der Waals surface area contributed by atoms with E-state index >= 15 is 0 Å². The molecule has 2 rings (SSSR count). The van der Waals surface area contributed by atoms with Crippen LogP contribution in [0.3, 0.4) is 0 Å². The van der Waals surface area contributed by atoms with Crippen molar-refractivity contribution in [1.82, 2.24) is 9.97 Å². The Bertz CT molecular complexity index is 437. The quantitative estimate of drug-likeness (QED) is 0.862. The van der Waals surface area contributed by atoms with Crippen LogP contribution in [0.5, 0.6) is 0 Å². The molecule has 0 bridgehead atoms. The first kappa shape index (κ1) is 10.1. The van der Waals surface area contributed by atoms with Crippen LogP contribution in [-0.2, 0) is 6.54 Å². The third kappa shape index (κ3) is 2.53. The largest absolute Gasteiger partial charge is 0.378 e. The van der Waals surface area contributed by atoms with Gasteiger partial charge in [-0.15, -0.1) is 11.3 Å². The number of thiazole rings is 1.